The van der Waals surface area contributed by atoms with Crippen LogP contribution < -0.4 is 5.73 Å². The number of halogens is 5. The van der Waals surface area contributed by atoms with Crippen molar-refractivity contribution in [3.63, 3.8) is 0 Å². The first-order chi connectivity index (χ1) is 12.5. The van der Waals surface area contributed by atoms with Crippen LogP contribution in [0.15, 0.2) is 17.0 Å². The summed E-state index contributed by atoms with van der Waals surface area (Å²) < 4.78 is 73.3. The largest absolute Gasteiger partial charge is 0.321 e. The van der Waals surface area contributed by atoms with Crippen LogP contribution in [0.25, 0.3) is 0 Å². The second-order valence-corrected chi connectivity index (χ2v) is 12.3. The second-order valence-electron chi connectivity index (χ2n) is 6.35. The van der Waals surface area contributed by atoms with Crippen molar-refractivity contribution in [2.45, 2.75) is 42.1 Å². The summed E-state index contributed by atoms with van der Waals surface area (Å²) >= 11 is 6.98. The molecule has 1 aromatic carbocycles. The van der Waals surface area contributed by atoms with Gasteiger partial charge in [0, 0.05) is 5.25 Å². The van der Waals surface area contributed by atoms with Gasteiger partial charge in [-0.2, -0.15) is 11.8 Å². The summed E-state index contributed by atoms with van der Waals surface area (Å²) in [5.41, 5.74) is 6.28. The molecule has 1 aliphatic rings. The lowest BCUT2D eigenvalue weighted by Gasteiger charge is -2.43. The summed E-state index contributed by atoms with van der Waals surface area (Å²) in [5.74, 6) is -9.76. The molecular weight excluding hydrogens is 444 g/mol. The summed E-state index contributed by atoms with van der Waals surface area (Å²) in [5, 5.41) is -0.132. The minimum absolute atomic E-state index is 0.132. The van der Waals surface area contributed by atoms with Crippen molar-refractivity contribution in [1.29, 1.82) is 0 Å². The van der Waals surface area contributed by atoms with Gasteiger partial charge in [0.25, 0.3) is 0 Å². The predicted molar refractivity (Wildman–Crippen MR) is 105 cm³/mol. The molecule has 1 aromatic rings. The normalized spacial score (nSPS) is 26.8. The van der Waals surface area contributed by atoms with Gasteiger partial charge in [0.15, 0.2) is 23.3 Å². The molecule has 0 saturated heterocycles. The molecule has 0 amide bonds. The van der Waals surface area contributed by atoms with Gasteiger partial charge < -0.3 is 10.3 Å². The minimum Gasteiger partial charge on any atom is -0.321 e. The van der Waals surface area contributed by atoms with Gasteiger partial charge >= 0.3 is 0 Å². The second kappa shape index (κ2) is 9.13. The molecule has 0 spiro atoms. The first kappa shape index (κ1) is 23.2. The van der Waals surface area contributed by atoms with E-state index in [1.807, 2.05) is 13.2 Å². The predicted octanol–water partition coefficient (Wildman–Crippen LogP) is 5.76. The molecule has 1 aliphatic carbocycles. The van der Waals surface area contributed by atoms with Crippen molar-refractivity contribution in [1.82, 2.24) is 0 Å². The molecule has 152 valence electrons. The van der Waals surface area contributed by atoms with Crippen LogP contribution >= 0.6 is 29.3 Å². The lowest BCUT2D eigenvalue weighted by molar-refractivity contribution is 0.0509. The molecule has 27 heavy (non-hydrogen) atoms. The van der Waals surface area contributed by atoms with E-state index in [1.54, 1.807) is 0 Å². The number of allylic oxidation sites excluding steroid dienone is 1. The smallest absolute Gasteiger partial charge is 0.200 e. The van der Waals surface area contributed by atoms with Crippen LogP contribution in [-0.4, -0.2) is 17.2 Å². The molecule has 2 nitrogen and oxygen atoms in total. The fourth-order valence-corrected chi connectivity index (χ4v) is 7.97. The van der Waals surface area contributed by atoms with E-state index >= 15 is 0 Å². The topological polar surface area (TPSA) is 35.2 Å². The van der Waals surface area contributed by atoms with Crippen LogP contribution in [0.4, 0.5) is 22.0 Å². The van der Waals surface area contributed by atoms with Crippen LogP contribution in [0.1, 0.15) is 26.2 Å². The molecule has 0 aliphatic heterocycles. The van der Waals surface area contributed by atoms with Gasteiger partial charge in [0.2, 0.25) is 5.82 Å². The minimum atomic E-state index is -2.46. The third-order valence-corrected chi connectivity index (χ3v) is 9.34. The van der Waals surface area contributed by atoms with E-state index in [0.717, 1.165) is 12.0 Å². The molecule has 11 heteroatoms. The summed E-state index contributed by atoms with van der Waals surface area (Å²) in [6.45, 7) is 5.90. The Hall–Kier alpha value is -0.120. The maximum Gasteiger partial charge on any atom is 0.200 e. The number of hydrogen-bond donors (Lipinski definition) is 1. The molecule has 0 radical (unpaired) electrons. The Labute approximate surface area is 168 Å². The maximum absolute atomic E-state index is 13.8. The van der Waals surface area contributed by atoms with E-state index in [9.17, 15) is 22.0 Å². The van der Waals surface area contributed by atoms with Gasteiger partial charge in [0.05, 0.1) is 4.90 Å². The quantitative estimate of drug-likeness (QED) is 0.145. The standard InChI is InChI=1S/C16H19F5NOPS3/c1-7(2)8-4-5-16(22,9(6-8)26-3)23-24(25)27-15-13(20)11(18)10(17)12(19)14(15)21/h8-9,24H,1,4-6,22H2,2-3H3/t8-,9+,16+/m1/s1. The average molecular weight is 463 g/mol. The van der Waals surface area contributed by atoms with E-state index in [0.29, 0.717) is 24.2 Å². The van der Waals surface area contributed by atoms with Crippen LogP contribution in [-0.2, 0) is 16.3 Å². The number of hydrogen-bond acceptors (Lipinski definition) is 5. The zero-order chi connectivity index (χ0) is 20.5. The average Bonchev–Trinajstić information content (AvgIpc) is 2.61. The molecule has 0 aromatic heterocycles. The van der Waals surface area contributed by atoms with Crippen molar-refractivity contribution in [2.75, 3.05) is 6.26 Å². The lowest BCUT2D eigenvalue weighted by Crippen LogP contribution is -2.53. The van der Waals surface area contributed by atoms with Crippen LogP contribution in [0, 0.1) is 35.0 Å². The molecule has 1 fully saturated rings. The zero-order valence-electron chi connectivity index (χ0n) is 14.6. The molecule has 1 saturated carbocycles. The zero-order valence-corrected chi connectivity index (χ0v) is 18.0. The fraction of sp³-hybridized carbons (Fsp3) is 0.500. The van der Waals surface area contributed by atoms with Crippen molar-refractivity contribution in [3.8, 4) is 0 Å². The maximum atomic E-state index is 13.8. The monoisotopic (exact) mass is 463 g/mol. The molecule has 0 heterocycles. The van der Waals surface area contributed by atoms with Crippen molar-refractivity contribution in [3.05, 3.63) is 41.2 Å². The lowest BCUT2D eigenvalue weighted by atomic mass is 9.80. The number of rotatable bonds is 6. The fourth-order valence-electron chi connectivity index (χ4n) is 2.93. The summed E-state index contributed by atoms with van der Waals surface area (Å²) in [4.78, 5) is -1.03. The van der Waals surface area contributed by atoms with E-state index < -0.39 is 45.8 Å². The highest BCUT2D eigenvalue weighted by atomic mass is 32.9. The van der Waals surface area contributed by atoms with Crippen LogP contribution in [0.3, 0.4) is 0 Å². The molecular formula is C16H19F5NOPS3. The van der Waals surface area contributed by atoms with Crippen LogP contribution in [0.5, 0.6) is 0 Å². The molecule has 1 unspecified atom stereocenters. The van der Waals surface area contributed by atoms with E-state index in [1.165, 1.54) is 11.8 Å². The van der Waals surface area contributed by atoms with Gasteiger partial charge in [-0.1, -0.05) is 35.3 Å². The Kier molecular flexibility index (Phi) is 7.84. The van der Waals surface area contributed by atoms with Crippen LogP contribution in [0.2, 0.25) is 0 Å². The summed E-state index contributed by atoms with van der Waals surface area (Å²) in [6, 6.07) is 0. The Morgan fingerprint density at radius 3 is 2.19 bits per heavy atom. The van der Waals surface area contributed by atoms with Crippen molar-refractivity contribution < 1.29 is 26.5 Å². The summed E-state index contributed by atoms with van der Waals surface area (Å²) in [7, 11) is 0. The molecule has 2 rings (SSSR count). The van der Waals surface area contributed by atoms with Crippen molar-refractivity contribution >= 4 is 41.1 Å². The number of benzene rings is 1. The van der Waals surface area contributed by atoms with E-state index in [2.05, 4.69) is 6.58 Å². The SMILES string of the molecule is C=C(C)[C@@H]1CC[C@](N)(O[PH](=S)Sc2c(F)c(F)c(F)c(F)c2F)[C@@H](SC)C1. The molecule has 4 atom stereocenters. The van der Waals surface area contributed by atoms with Gasteiger partial charge in [-0.3, -0.25) is 0 Å². The highest BCUT2D eigenvalue weighted by Gasteiger charge is 2.42. The van der Waals surface area contributed by atoms with Gasteiger partial charge in [0.1, 0.15) is 11.9 Å². The molecule has 0 bridgehead atoms. The number of nitrogens with two attached hydrogens (primary N) is 1. The Morgan fingerprint density at radius 1 is 1.19 bits per heavy atom. The van der Waals surface area contributed by atoms with E-state index in [4.69, 9.17) is 22.1 Å². The Morgan fingerprint density at radius 2 is 1.70 bits per heavy atom. The van der Waals surface area contributed by atoms with E-state index in [-0.39, 0.29) is 11.2 Å². The third kappa shape index (κ3) is 4.90. The Bertz CT molecular complexity index is 752. The summed E-state index contributed by atoms with van der Waals surface area (Å²) in [6.07, 6.45) is 1.29. The van der Waals surface area contributed by atoms with Gasteiger partial charge in [-0.25, -0.2) is 22.0 Å². The molecule has 2 N–H and O–H groups in total. The van der Waals surface area contributed by atoms with Gasteiger partial charge in [-0.15, -0.1) is 0 Å². The highest BCUT2D eigenvalue weighted by molar-refractivity contribution is 8.62. The van der Waals surface area contributed by atoms with Gasteiger partial charge in [-0.05, 0) is 38.4 Å². The third-order valence-electron chi connectivity index (χ3n) is 4.54. The first-order valence-electron chi connectivity index (χ1n) is 7.91. The Balaban J connectivity index is 2.20. The first-order valence-corrected chi connectivity index (χ1v) is 13.3. The van der Waals surface area contributed by atoms with Crippen molar-refractivity contribution in [2.24, 2.45) is 11.7 Å². The highest BCUT2D eigenvalue weighted by Crippen LogP contribution is 2.53. The number of thioether (sulfide) groups is 1.